The van der Waals surface area contributed by atoms with Crippen molar-refractivity contribution in [2.45, 2.75) is 20.3 Å². The van der Waals surface area contributed by atoms with Gasteiger partial charge in [0.25, 0.3) is 5.91 Å². The number of amides is 1. The standard InChI is InChI=1S/C24H26N2O3S/c1-6-10-18-13-17(14-20(28-4)22(18)29-5)15-21-23(27)26(7-2)24(30-21)25-19-12-9-8-11-16(19)3/h6,8-9,11-15H,1,7,10H2,2-5H3/b21-15+,25-24?. The zero-order valence-corrected chi connectivity index (χ0v) is 18.6. The number of nitrogens with zero attached hydrogens (tertiary/aromatic N) is 2. The van der Waals surface area contributed by atoms with E-state index in [1.165, 1.54) is 11.8 Å². The normalized spacial score (nSPS) is 16.4. The van der Waals surface area contributed by atoms with Crippen LogP contribution in [0.2, 0.25) is 0 Å². The number of carbonyl (C=O) groups is 1. The summed E-state index contributed by atoms with van der Waals surface area (Å²) >= 11 is 1.39. The molecule has 156 valence electrons. The number of thioether (sulfide) groups is 1. The molecular formula is C24H26N2O3S. The molecule has 1 aliphatic heterocycles. The van der Waals surface area contributed by atoms with Crippen molar-refractivity contribution in [1.29, 1.82) is 0 Å². The summed E-state index contributed by atoms with van der Waals surface area (Å²) in [6.45, 7) is 8.34. The number of methoxy groups -OCH3 is 2. The van der Waals surface area contributed by atoms with Crippen molar-refractivity contribution in [2.75, 3.05) is 20.8 Å². The largest absolute Gasteiger partial charge is 0.493 e. The Kier molecular flexibility index (Phi) is 7.00. The highest BCUT2D eigenvalue weighted by molar-refractivity contribution is 8.18. The minimum absolute atomic E-state index is 0.0464. The first-order valence-electron chi connectivity index (χ1n) is 9.73. The van der Waals surface area contributed by atoms with Crippen LogP contribution >= 0.6 is 11.8 Å². The molecule has 2 aromatic rings. The van der Waals surface area contributed by atoms with Crippen molar-refractivity contribution in [1.82, 2.24) is 4.90 Å². The number of benzene rings is 2. The summed E-state index contributed by atoms with van der Waals surface area (Å²) in [6.07, 6.45) is 4.33. The Labute approximate surface area is 182 Å². The molecule has 0 spiro atoms. The summed E-state index contributed by atoms with van der Waals surface area (Å²) in [5.74, 6) is 1.26. The van der Waals surface area contributed by atoms with Crippen LogP contribution in [0.25, 0.3) is 6.08 Å². The van der Waals surface area contributed by atoms with E-state index in [2.05, 4.69) is 6.58 Å². The number of rotatable bonds is 7. The number of likely N-dealkylation sites (N-methyl/N-ethyl adjacent to an activating group) is 1. The topological polar surface area (TPSA) is 51.1 Å². The van der Waals surface area contributed by atoms with Crippen molar-refractivity contribution in [2.24, 2.45) is 4.99 Å². The molecule has 3 rings (SSSR count). The lowest BCUT2D eigenvalue weighted by atomic mass is 10.0. The molecule has 0 bridgehead atoms. The third-order valence-electron chi connectivity index (χ3n) is 4.78. The van der Waals surface area contributed by atoms with Crippen molar-refractivity contribution >= 4 is 34.6 Å². The predicted octanol–water partition coefficient (Wildman–Crippen LogP) is 5.36. The van der Waals surface area contributed by atoms with Gasteiger partial charge in [0.05, 0.1) is 24.8 Å². The van der Waals surface area contributed by atoms with Crippen LogP contribution in [-0.2, 0) is 11.2 Å². The maximum Gasteiger partial charge on any atom is 0.266 e. The molecule has 0 unspecified atom stereocenters. The quantitative estimate of drug-likeness (QED) is 0.445. The summed E-state index contributed by atoms with van der Waals surface area (Å²) in [4.78, 5) is 20.1. The van der Waals surface area contributed by atoms with E-state index in [4.69, 9.17) is 14.5 Å². The Morgan fingerprint density at radius 2 is 1.97 bits per heavy atom. The summed E-state index contributed by atoms with van der Waals surface area (Å²) in [6, 6.07) is 11.8. The zero-order chi connectivity index (χ0) is 21.7. The molecule has 0 N–H and O–H groups in total. The SMILES string of the molecule is C=CCc1cc(/C=C2/SC(=Nc3ccccc3C)N(CC)C2=O)cc(OC)c1OC. The second kappa shape index (κ2) is 9.67. The Hall–Kier alpha value is -2.99. The van der Waals surface area contributed by atoms with Gasteiger partial charge in [0, 0.05) is 12.1 Å². The fourth-order valence-corrected chi connectivity index (χ4v) is 4.33. The van der Waals surface area contributed by atoms with Crippen molar-refractivity contribution in [3.63, 3.8) is 0 Å². The highest BCUT2D eigenvalue weighted by Crippen LogP contribution is 2.37. The van der Waals surface area contributed by atoms with Gasteiger partial charge in [0.15, 0.2) is 16.7 Å². The molecule has 6 heteroatoms. The minimum Gasteiger partial charge on any atom is -0.493 e. The van der Waals surface area contributed by atoms with E-state index in [-0.39, 0.29) is 5.91 Å². The van der Waals surface area contributed by atoms with E-state index >= 15 is 0 Å². The summed E-state index contributed by atoms with van der Waals surface area (Å²) in [7, 11) is 3.22. The lowest BCUT2D eigenvalue weighted by Gasteiger charge is -2.13. The van der Waals surface area contributed by atoms with Gasteiger partial charge in [-0.2, -0.15) is 0 Å². The number of carbonyl (C=O) groups excluding carboxylic acids is 1. The highest BCUT2D eigenvalue weighted by Gasteiger charge is 2.32. The number of para-hydroxylation sites is 1. The van der Waals surface area contributed by atoms with E-state index < -0.39 is 0 Å². The summed E-state index contributed by atoms with van der Waals surface area (Å²) in [5.41, 5.74) is 3.76. The first-order valence-corrected chi connectivity index (χ1v) is 10.6. The Morgan fingerprint density at radius 3 is 2.60 bits per heavy atom. The van der Waals surface area contributed by atoms with Crippen LogP contribution in [0.4, 0.5) is 5.69 Å². The van der Waals surface area contributed by atoms with E-state index in [9.17, 15) is 4.79 Å². The number of ether oxygens (including phenoxy) is 2. The summed E-state index contributed by atoms with van der Waals surface area (Å²) in [5, 5.41) is 0.690. The summed E-state index contributed by atoms with van der Waals surface area (Å²) < 4.78 is 11.0. The smallest absolute Gasteiger partial charge is 0.266 e. The number of allylic oxidation sites excluding steroid dienone is 1. The van der Waals surface area contributed by atoms with Gasteiger partial charge in [-0.25, -0.2) is 4.99 Å². The van der Waals surface area contributed by atoms with E-state index in [1.54, 1.807) is 19.1 Å². The average Bonchev–Trinajstić information content (AvgIpc) is 3.03. The highest BCUT2D eigenvalue weighted by atomic mass is 32.2. The van der Waals surface area contributed by atoms with Crippen LogP contribution < -0.4 is 9.47 Å². The Morgan fingerprint density at radius 1 is 1.20 bits per heavy atom. The molecule has 1 heterocycles. The molecule has 1 saturated heterocycles. The molecule has 1 amide bonds. The van der Waals surface area contributed by atoms with Crippen molar-refractivity contribution in [3.8, 4) is 11.5 Å². The van der Waals surface area contributed by atoms with Crippen LogP contribution in [0.5, 0.6) is 11.5 Å². The second-order valence-electron chi connectivity index (χ2n) is 6.75. The van der Waals surface area contributed by atoms with E-state index in [1.807, 2.05) is 62.4 Å². The van der Waals surface area contributed by atoms with Gasteiger partial charge in [0.1, 0.15) is 0 Å². The Bertz CT molecular complexity index is 1030. The van der Waals surface area contributed by atoms with Gasteiger partial charge in [-0.3, -0.25) is 9.69 Å². The number of hydrogen-bond acceptors (Lipinski definition) is 5. The first-order chi connectivity index (χ1) is 14.5. The number of amidine groups is 1. The van der Waals surface area contributed by atoms with Crippen molar-refractivity contribution in [3.05, 3.63) is 70.6 Å². The second-order valence-corrected chi connectivity index (χ2v) is 7.76. The molecule has 0 atom stereocenters. The Balaban J connectivity index is 2.01. The monoisotopic (exact) mass is 422 g/mol. The van der Waals surface area contributed by atoms with Crippen LogP contribution in [0.1, 0.15) is 23.6 Å². The van der Waals surface area contributed by atoms with Gasteiger partial charge >= 0.3 is 0 Å². The molecule has 1 fully saturated rings. The maximum absolute atomic E-state index is 13.0. The van der Waals surface area contributed by atoms with Crippen LogP contribution in [0, 0.1) is 6.92 Å². The first kappa shape index (κ1) is 21.7. The maximum atomic E-state index is 13.0. The lowest BCUT2D eigenvalue weighted by molar-refractivity contribution is -0.122. The number of aliphatic imine (C=N–C) groups is 1. The van der Waals surface area contributed by atoms with E-state index in [0.717, 1.165) is 22.4 Å². The third kappa shape index (κ3) is 4.44. The van der Waals surface area contributed by atoms with Crippen LogP contribution in [0.15, 0.2) is 59.0 Å². The van der Waals surface area contributed by atoms with Crippen molar-refractivity contribution < 1.29 is 14.3 Å². The molecule has 2 aromatic carbocycles. The van der Waals surface area contributed by atoms with Crippen LogP contribution in [-0.4, -0.2) is 36.7 Å². The van der Waals surface area contributed by atoms with Gasteiger partial charge in [-0.05, 0) is 67.4 Å². The van der Waals surface area contributed by atoms with Gasteiger partial charge in [-0.15, -0.1) is 6.58 Å². The molecule has 0 radical (unpaired) electrons. The van der Waals surface area contributed by atoms with Crippen LogP contribution in [0.3, 0.4) is 0 Å². The molecular weight excluding hydrogens is 396 g/mol. The molecule has 30 heavy (non-hydrogen) atoms. The van der Waals surface area contributed by atoms with Gasteiger partial charge in [0.2, 0.25) is 0 Å². The zero-order valence-electron chi connectivity index (χ0n) is 17.8. The molecule has 0 aromatic heterocycles. The fraction of sp³-hybridized carbons (Fsp3) is 0.250. The fourth-order valence-electron chi connectivity index (χ4n) is 3.27. The van der Waals surface area contributed by atoms with Gasteiger partial charge < -0.3 is 9.47 Å². The predicted molar refractivity (Wildman–Crippen MR) is 125 cm³/mol. The van der Waals surface area contributed by atoms with Gasteiger partial charge in [-0.1, -0.05) is 24.3 Å². The third-order valence-corrected chi connectivity index (χ3v) is 5.78. The number of aryl methyl sites for hydroxylation is 1. The molecule has 5 nitrogen and oxygen atoms in total. The lowest BCUT2D eigenvalue weighted by Crippen LogP contribution is -2.28. The van der Waals surface area contributed by atoms with E-state index in [0.29, 0.717) is 34.5 Å². The number of hydrogen-bond donors (Lipinski definition) is 0. The minimum atomic E-state index is -0.0464. The molecule has 1 aliphatic rings. The molecule has 0 aliphatic carbocycles. The average molecular weight is 423 g/mol. The molecule has 0 saturated carbocycles.